The van der Waals surface area contributed by atoms with Gasteiger partial charge >= 0.3 is 0 Å². The van der Waals surface area contributed by atoms with Gasteiger partial charge in [-0.1, -0.05) is 20.3 Å². The number of guanidine groups is 1. The molecule has 1 N–H and O–H groups in total. The third-order valence-corrected chi connectivity index (χ3v) is 4.43. The molecule has 138 valence electrons. The number of rotatable bonds is 9. The fourth-order valence-corrected chi connectivity index (χ4v) is 3.09. The third-order valence-electron chi connectivity index (χ3n) is 4.43. The van der Waals surface area contributed by atoms with Gasteiger partial charge < -0.3 is 15.1 Å². The first-order chi connectivity index (χ1) is 10.7. The van der Waals surface area contributed by atoms with Crippen LogP contribution in [0, 0.1) is 5.92 Å². The topological polar surface area (TPSA) is 30.9 Å². The monoisotopic (exact) mass is 438 g/mol. The quantitative estimate of drug-likeness (QED) is 0.257. The summed E-state index contributed by atoms with van der Waals surface area (Å²) < 4.78 is 0. The van der Waals surface area contributed by atoms with Crippen molar-refractivity contribution in [1.82, 2.24) is 15.1 Å². The van der Waals surface area contributed by atoms with Crippen molar-refractivity contribution < 1.29 is 0 Å². The van der Waals surface area contributed by atoms with Crippen molar-refractivity contribution in [3.05, 3.63) is 0 Å². The predicted molar refractivity (Wildman–Crippen MR) is 113 cm³/mol. The largest absolute Gasteiger partial charge is 0.357 e. The summed E-state index contributed by atoms with van der Waals surface area (Å²) in [5.41, 5.74) is 0. The minimum Gasteiger partial charge on any atom is -0.357 e. The first kappa shape index (κ1) is 23.0. The Morgan fingerprint density at radius 1 is 1.26 bits per heavy atom. The third kappa shape index (κ3) is 10.4. The maximum absolute atomic E-state index is 4.78. The highest BCUT2D eigenvalue weighted by atomic mass is 127. The molecule has 0 aromatic rings. The van der Waals surface area contributed by atoms with Crippen LogP contribution in [0.15, 0.2) is 4.99 Å². The number of hydrogen-bond donors (Lipinski definition) is 1. The average Bonchev–Trinajstić information content (AvgIpc) is 2.51. The summed E-state index contributed by atoms with van der Waals surface area (Å²) in [6.07, 6.45) is 7.73. The smallest absolute Gasteiger partial charge is 0.193 e. The van der Waals surface area contributed by atoms with Crippen molar-refractivity contribution in [2.24, 2.45) is 10.9 Å². The van der Waals surface area contributed by atoms with Crippen LogP contribution in [0.3, 0.4) is 0 Å². The van der Waals surface area contributed by atoms with Crippen LogP contribution in [0.2, 0.25) is 0 Å². The van der Waals surface area contributed by atoms with E-state index in [1.54, 1.807) is 0 Å². The molecule has 0 bridgehead atoms. The Hall–Kier alpha value is -0.0400. The number of unbranched alkanes of at least 4 members (excludes halogenated alkanes) is 2. The first-order valence-electron chi connectivity index (χ1n) is 9.39. The Morgan fingerprint density at radius 3 is 2.70 bits per heavy atom. The maximum atomic E-state index is 4.78. The van der Waals surface area contributed by atoms with E-state index in [1.807, 2.05) is 0 Å². The zero-order valence-corrected chi connectivity index (χ0v) is 18.1. The van der Waals surface area contributed by atoms with E-state index >= 15 is 0 Å². The molecule has 0 saturated carbocycles. The second kappa shape index (κ2) is 14.3. The highest BCUT2D eigenvalue weighted by Crippen LogP contribution is 2.15. The fourth-order valence-electron chi connectivity index (χ4n) is 3.09. The number of nitrogens with zero attached hydrogens (tertiary/aromatic N) is 3. The van der Waals surface area contributed by atoms with Crippen molar-refractivity contribution in [2.75, 3.05) is 46.3 Å². The Kier molecular flexibility index (Phi) is 14.3. The number of aliphatic imine (C=N–C) groups is 1. The van der Waals surface area contributed by atoms with E-state index in [4.69, 9.17) is 4.99 Å². The molecule has 0 aliphatic carbocycles. The molecular weight excluding hydrogens is 399 g/mol. The van der Waals surface area contributed by atoms with Crippen LogP contribution >= 0.6 is 24.0 Å². The molecule has 1 aliphatic rings. The van der Waals surface area contributed by atoms with Crippen molar-refractivity contribution in [3.63, 3.8) is 0 Å². The first-order valence-corrected chi connectivity index (χ1v) is 9.39. The minimum atomic E-state index is 0. The van der Waals surface area contributed by atoms with E-state index in [1.165, 1.54) is 58.2 Å². The Balaban J connectivity index is 0.00000484. The molecule has 0 aromatic heterocycles. The molecule has 4 nitrogen and oxygen atoms in total. The van der Waals surface area contributed by atoms with Crippen LogP contribution in [0.4, 0.5) is 0 Å². The Bertz CT molecular complexity index is 309. The van der Waals surface area contributed by atoms with Crippen LogP contribution in [0.1, 0.15) is 59.3 Å². The number of nitrogens with one attached hydrogen (secondary N) is 1. The second-order valence-electron chi connectivity index (χ2n) is 6.77. The molecule has 1 aliphatic heterocycles. The molecule has 0 amide bonds. The second-order valence-corrected chi connectivity index (χ2v) is 6.77. The number of piperidine rings is 1. The molecule has 0 aromatic carbocycles. The van der Waals surface area contributed by atoms with Crippen LogP contribution in [-0.2, 0) is 0 Å². The Morgan fingerprint density at radius 2 is 2.04 bits per heavy atom. The van der Waals surface area contributed by atoms with Gasteiger partial charge in [0.15, 0.2) is 5.96 Å². The molecule has 1 rings (SSSR count). The van der Waals surface area contributed by atoms with Gasteiger partial charge in [-0.25, -0.2) is 0 Å². The van der Waals surface area contributed by atoms with Gasteiger partial charge in [-0.3, -0.25) is 4.99 Å². The van der Waals surface area contributed by atoms with E-state index in [-0.39, 0.29) is 24.0 Å². The lowest BCUT2D eigenvalue weighted by Gasteiger charge is -2.30. The minimum absolute atomic E-state index is 0. The summed E-state index contributed by atoms with van der Waals surface area (Å²) in [6, 6.07) is 0. The summed E-state index contributed by atoms with van der Waals surface area (Å²) >= 11 is 0. The summed E-state index contributed by atoms with van der Waals surface area (Å²) in [7, 11) is 2.15. The van der Waals surface area contributed by atoms with E-state index in [0.29, 0.717) is 0 Å². The highest BCUT2D eigenvalue weighted by Gasteiger charge is 2.15. The molecule has 1 unspecified atom stereocenters. The van der Waals surface area contributed by atoms with Gasteiger partial charge in [0, 0.05) is 33.2 Å². The molecule has 0 spiro atoms. The standard InChI is InChI=1S/C18H38N4.HI/c1-5-7-13-21(4)18(19-6-2)20-12-8-9-14-22-15-10-11-17(3)16-22;/h17H,5-16H2,1-4H3,(H,19,20);1H. The zero-order chi connectivity index (χ0) is 16.2. The highest BCUT2D eigenvalue weighted by molar-refractivity contribution is 14.0. The average molecular weight is 438 g/mol. The van der Waals surface area contributed by atoms with Gasteiger partial charge in [0.1, 0.15) is 0 Å². The van der Waals surface area contributed by atoms with Crippen molar-refractivity contribution in [2.45, 2.75) is 59.3 Å². The number of likely N-dealkylation sites (tertiary alicyclic amines) is 1. The lowest BCUT2D eigenvalue weighted by molar-refractivity contribution is 0.181. The maximum Gasteiger partial charge on any atom is 0.193 e. The lowest BCUT2D eigenvalue weighted by atomic mass is 10.0. The summed E-state index contributed by atoms with van der Waals surface area (Å²) in [5.74, 6) is 1.96. The fraction of sp³-hybridized carbons (Fsp3) is 0.944. The van der Waals surface area contributed by atoms with Gasteiger partial charge in [-0.2, -0.15) is 0 Å². The van der Waals surface area contributed by atoms with Crippen LogP contribution in [0.25, 0.3) is 0 Å². The van der Waals surface area contributed by atoms with Crippen LogP contribution < -0.4 is 5.32 Å². The van der Waals surface area contributed by atoms with Gasteiger partial charge in [-0.15, -0.1) is 24.0 Å². The molecule has 1 fully saturated rings. The molecule has 23 heavy (non-hydrogen) atoms. The zero-order valence-electron chi connectivity index (χ0n) is 15.8. The van der Waals surface area contributed by atoms with E-state index in [0.717, 1.165) is 31.5 Å². The van der Waals surface area contributed by atoms with Crippen molar-refractivity contribution in [1.29, 1.82) is 0 Å². The van der Waals surface area contributed by atoms with E-state index < -0.39 is 0 Å². The molecular formula is C18H39IN4. The van der Waals surface area contributed by atoms with Gasteiger partial charge in [0.25, 0.3) is 0 Å². The molecule has 5 heteroatoms. The van der Waals surface area contributed by atoms with Crippen LogP contribution in [0.5, 0.6) is 0 Å². The summed E-state index contributed by atoms with van der Waals surface area (Å²) in [6.45, 7) is 13.6. The van der Waals surface area contributed by atoms with Crippen LogP contribution in [-0.4, -0.2) is 62.1 Å². The number of halogens is 1. The number of hydrogen-bond acceptors (Lipinski definition) is 2. The molecule has 1 saturated heterocycles. The normalized spacial score (nSPS) is 19.3. The van der Waals surface area contributed by atoms with Crippen molar-refractivity contribution in [3.8, 4) is 0 Å². The van der Waals surface area contributed by atoms with Gasteiger partial charge in [0.05, 0.1) is 0 Å². The summed E-state index contributed by atoms with van der Waals surface area (Å²) in [5, 5.41) is 3.40. The SMILES string of the molecule is CCCCN(C)C(=NCCCCN1CCCC(C)C1)NCC.I. The molecule has 1 heterocycles. The predicted octanol–water partition coefficient (Wildman–Crippen LogP) is 3.81. The van der Waals surface area contributed by atoms with Gasteiger partial charge in [-0.05, 0) is 58.0 Å². The molecule has 1 atom stereocenters. The summed E-state index contributed by atoms with van der Waals surface area (Å²) in [4.78, 5) is 9.68. The van der Waals surface area contributed by atoms with Crippen molar-refractivity contribution >= 4 is 29.9 Å². The van der Waals surface area contributed by atoms with Gasteiger partial charge in [0.2, 0.25) is 0 Å². The Labute approximate surface area is 161 Å². The lowest BCUT2D eigenvalue weighted by Crippen LogP contribution is -2.39. The molecule has 0 radical (unpaired) electrons. The van der Waals surface area contributed by atoms with E-state index in [9.17, 15) is 0 Å². The van der Waals surface area contributed by atoms with E-state index in [2.05, 4.69) is 42.9 Å².